The van der Waals surface area contributed by atoms with E-state index < -0.39 is 5.41 Å². The molecular formula is C27H24FN7. The fourth-order valence-corrected chi connectivity index (χ4v) is 5.71. The molecule has 4 heterocycles. The summed E-state index contributed by atoms with van der Waals surface area (Å²) in [6.45, 7) is 4.78. The van der Waals surface area contributed by atoms with E-state index in [2.05, 4.69) is 34.3 Å². The van der Waals surface area contributed by atoms with Gasteiger partial charge in [-0.05, 0) is 69.3 Å². The normalized spacial score (nSPS) is 19.3. The lowest BCUT2D eigenvalue weighted by Crippen LogP contribution is -2.39. The van der Waals surface area contributed by atoms with E-state index in [9.17, 15) is 10.5 Å². The van der Waals surface area contributed by atoms with Gasteiger partial charge >= 0.3 is 0 Å². The predicted molar refractivity (Wildman–Crippen MR) is 131 cm³/mol. The zero-order chi connectivity index (χ0) is 24.2. The summed E-state index contributed by atoms with van der Waals surface area (Å²) in [5.41, 5.74) is 3.53. The van der Waals surface area contributed by atoms with Crippen LogP contribution in [-0.2, 0) is 12.0 Å². The Morgan fingerprint density at radius 3 is 2.74 bits per heavy atom. The van der Waals surface area contributed by atoms with Gasteiger partial charge in [-0.2, -0.15) is 15.6 Å². The quantitative estimate of drug-likeness (QED) is 0.474. The number of rotatable bonds is 2. The molecule has 8 heteroatoms. The summed E-state index contributed by atoms with van der Waals surface area (Å²) in [4.78, 5) is 6.70. The second-order valence-electron chi connectivity index (χ2n) is 9.56. The molecule has 0 radical (unpaired) electrons. The molecule has 0 unspecified atom stereocenters. The van der Waals surface area contributed by atoms with Crippen LogP contribution in [0.2, 0.25) is 0 Å². The molecule has 1 N–H and O–H groups in total. The minimum Gasteiger partial charge on any atom is -0.363 e. The first-order chi connectivity index (χ1) is 17.0. The number of aromatic nitrogens is 3. The number of nitrogens with zero attached hydrogens (tertiary/aromatic N) is 6. The molecule has 35 heavy (non-hydrogen) atoms. The summed E-state index contributed by atoms with van der Waals surface area (Å²) in [6, 6.07) is 15.7. The summed E-state index contributed by atoms with van der Waals surface area (Å²) in [7, 11) is 0. The molecule has 0 bridgehead atoms. The van der Waals surface area contributed by atoms with E-state index in [4.69, 9.17) is 5.10 Å². The summed E-state index contributed by atoms with van der Waals surface area (Å²) in [6.07, 6.45) is 2.87. The lowest BCUT2D eigenvalue weighted by atomic mass is 9.74. The molecule has 2 aromatic carbocycles. The van der Waals surface area contributed by atoms with Gasteiger partial charge in [-0.1, -0.05) is 0 Å². The number of hydrogen-bond donors (Lipinski definition) is 1. The van der Waals surface area contributed by atoms with Crippen LogP contribution in [0.15, 0.2) is 42.6 Å². The first-order valence-electron chi connectivity index (χ1n) is 11.9. The molecule has 0 amide bonds. The molecule has 0 saturated carbocycles. The standard InChI is InChI=1S/C27H24FN7/c1-17-14-34(24-5-4-18(13-29)26-19(24)3-2-8-32-26)15-25-20-11-22(28)21(12-23(20)33-35(17)25)27(16-30)6-9-31-10-7-27/h2-5,8,11-12,17,31H,6-7,9-10,14-15H2,1H3/t17-/m1/s1. The number of piperidine rings is 1. The highest BCUT2D eigenvalue weighted by atomic mass is 19.1. The lowest BCUT2D eigenvalue weighted by molar-refractivity contribution is 0.370. The number of nitrogens with one attached hydrogen (secondary N) is 1. The Hall–Kier alpha value is -4.01. The lowest BCUT2D eigenvalue weighted by Gasteiger charge is -2.34. The van der Waals surface area contributed by atoms with E-state index in [1.54, 1.807) is 18.3 Å². The molecule has 4 aromatic rings. The van der Waals surface area contributed by atoms with Gasteiger partial charge in [-0.3, -0.25) is 9.67 Å². The van der Waals surface area contributed by atoms with Gasteiger partial charge in [0.05, 0.1) is 46.4 Å². The van der Waals surface area contributed by atoms with E-state index in [0.29, 0.717) is 49.1 Å². The Balaban J connectivity index is 1.45. The third-order valence-electron chi connectivity index (χ3n) is 7.53. The topological polar surface area (TPSA) is 93.6 Å². The van der Waals surface area contributed by atoms with Crippen molar-refractivity contribution in [3.05, 3.63) is 65.2 Å². The van der Waals surface area contributed by atoms with Crippen LogP contribution in [-0.4, -0.2) is 34.4 Å². The highest BCUT2D eigenvalue weighted by Crippen LogP contribution is 2.39. The molecule has 2 aromatic heterocycles. The Bertz CT molecular complexity index is 1550. The van der Waals surface area contributed by atoms with Crippen LogP contribution in [0.5, 0.6) is 0 Å². The first kappa shape index (κ1) is 21.5. The van der Waals surface area contributed by atoms with E-state index in [1.807, 2.05) is 28.9 Å². The van der Waals surface area contributed by atoms with Gasteiger partial charge in [0.1, 0.15) is 11.9 Å². The molecule has 2 aliphatic rings. The SMILES string of the molecule is C[C@@H]1CN(c2ccc(C#N)c3ncccc23)Cc2c3cc(F)c(C4(C#N)CCNCC4)cc3nn21. The monoisotopic (exact) mass is 465 g/mol. The number of benzene rings is 2. The molecule has 174 valence electrons. The van der Waals surface area contributed by atoms with Crippen molar-refractivity contribution in [1.82, 2.24) is 20.1 Å². The Kier molecular flexibility index (Phi) is 4.94. The molecule has 1 atom stereocenters. The van der Waals surface area contributed by atoms with Gasteiger partial charge in [-0.15, -0.1) is 0 Å². The van der Waals surface area contributed by atoms with Crippen LogP contribution in [0.4, 0.5) is 10.1 Å². The van der Waals surface area contributed by atoms with Gasteiger partial charge in [0, 0.05) is 34.8 Å². The van der Waals surface area contributed by atoms with E-state index in [-0.39, 0.29) is 11.9 Å². The Morgan fingerprint density at radius 2 is 1.97 bits per heavy atom. The molecule has 2 aliphatic heterocycles. The highest BCUT2D eigenvalue weighted by Gasteiger charge is 2.37. The summed E-state index contributed by atoms with van der Waals surface area (Å²) in [5, 5.41) is 29.3. The minimum absolute atomic E-state index is 0.0591. The Labute approximate surface area is 202 Å². The van der Waals surface area contributed by atoms with E-state index in [1.165, 1.54) is 0 Å². The average molecular weight is 466 g/mol. The van der Waals surface area contributed by atoms with Crippen molar-refractivity contribution >= 4 is 27.5 Å². The third-order valence-corrected chi connectivity index (χ3v) is 7.53. The fraction of sp³-hybridized carbons (Fsp3) is 0.333. The maximum atomic E-state index is 15.5. The van der Waals surface area contributed by atoms with Crippen LogP contribution >= 0.6 is 0 Å². The molecule has 6 rings (SSSR count). The van der Waals surface area contributed by atoms with Gasteiger partial charge in [0.2, 0.25) is 0 Å². The average Bonchev–Trinajstić information content (AvgIpc) is 3.26. The van der Waals surface area contributed by atoms with Crippen LogP contribution in [0, 0.1) is 28.5 Å². The third kappa shape index (κ3) is 3.25. The van der Waals surface area contributed by atoms with Crippen LogP contribution in [0.25, 0.3) is 21.8 Å². The predicted octanol–water partition coefficient (Wildman–Crippen LogP) is 4.32. The van der Waals surface area contributed by atoms with Crippen molar-refractivity contribution in [3.8, 4) is 12.1 Å². The van der Waals surface area contributed by atoms with Crippen molar-refractivity contribution in [3.63, 3.8) is 0 Å². The van der Waals surface area contributed by atoms with E-state index >= 15 is 4.39 Å². The van der Waals surface area contributed by atoms with Crippen LogP contribution < -0.4 is 10.2 Å². The van der Waals surface area contributed by atoms with Crippen molar-refractivity contribution in [2.75, 3.05) is 24.5 Å². The number of nitriles is 2. The summed E-state index contributed by atoms with van der Waals surface area (Å²) >= 11 is 0. The number of fused-ring (bicyclic) bond motifs is 4. The smallest absolute Gasteiger partial charge is 0.128 e. The Morgan fingerprint density at radius 1 is 1.14 bits per heavy atom. The number of anilines is 1. The second-order valence-corrected chi connectivity index (χ2v) is 9.56. The molecule has 0 spiro atoms. The van der Waals surface area contributed by atoms with Crippen molar-refractivity contribution < 1.29 is 4.39 Å². The zero-order valence-electron chi connectivity index (χ0n) is 19.4. The van der Waals surface area contributed by atoms with Gasteiger partial charge in [0.15, 0.2) is 0 Å². The second kappa shape index (κ2) is 8.04. The van der Waals surface area contributed by atoms with Gasteiger partial charge < -0.3 is 10.2 Å². The number of pyridine rings is 1. The summed E-state index contributed by atoms with van der Waals surface area (Å²) in [5.74, 6) is -0.338. The number of hydrogen-bond acceptors (Lipinski definition) is 6. The zero-order valence-corrected chi connectivity index (χ0v) is 19.4. The van der Waals surface area contributed by atoms with Crippen molar-refractivity contribution in [1.29, 1.82) is 10.5 Å². The van der Waals surface area contributed by atoms with Crippen LogP contribution in [0.1, 0.15) is 42.6 Å². The fourth-order valence-electron chi connectivity index (χ4n) is 5.71. The largest absolute Gasteiger partial charge is 0.363 e. The maximum absolute atomic E-state index is 15.5. The molecule has 1 fully saturated rings. The minimum atomic E-state index is -0.820. The molecular weight excluding hydrogens is 441 g/mol. The first-order valence-corrected chi connectivity index (χ1v) is 11.9. The number of halogens is 1. The maximum Gasteiger partial charge on any atom is 0.128 e. The van der Waals surface area contributed by atoms with Crippen molar-refractivity contribution in [2.24, 2.45) is 0 Å². The van der Waals surface area contributed by atoms with Gasteiger partial charge in [0.25, 0.3) is 0 Å². The molecule has 7 nitrogen and oxygen atoms in total. The molecule has 0 aliphatic carbocycles. The van der Waals surface area contributed by atoms with E-state index in [0.717, 1.165) is 34.2 Å². The van der Waals surface area contributed by atoms with Crippen molar-refractivity contribution in [2.45, 2.75) is 37.8 Å². The summed E-state index contributed by atoms with van der Waals surface area (Å²) < 4.78 is 17.5. The van der Waals surface area contributed by atoms with Crippen LogP contribution in [0.3, 0.4) is 0 Å². The highest BCUT2D eigenvalue weighted by molar-refractivity contribution is 5.95. The van der Waals surface area contributed by atoms with Gasteiger partial charge in [-0.25, -0.2) is 4.39 Å². The molecule has 1 saturated heterocycles.